The van der Waals surface area contributed by atoms with Crippen LogP contribution < -0.4 is 15.4 Å². The molecule has 3 rings (SSSR count). The fraction of sp³-hybridized carbons (Fsp3) is 0.412. The summed E-state index contributed by atoms with van der Waals surface area (Å²) in [6.45, 7) is 2.70. The molecule has 156 valence electrons. The molecule has 1 fully saturated rings. The van der Waals surface area contributed by atoms with Gasteiger partial charge >= 0.3 is 0 Å². The number of ether oxygens (including phenoxy) is 1. The van der Waals surface area contributed by atoms with Gasteiger partial charge in [0, 0.05) is 19.6 Å². The molecule has 1 atom stereocenters. The highest BCUT2D eigenvalue weighted by Gasteiger charge is 2.24. The number of amides is 2. The lowest BCUT2D eigenvalue weighted by Crippen LogP contribution is -2.32. The van der Waals surface area contributed by atoms with Crippen LogP contribution in [-0.4, -0.2) is 49.7 Å². The zero-order chi connectivity index (χ0) is 20.9. The molecule has 0 aliphatic carbocycles. The van der Waals surface area contributed by atoms with Crippen LogP contribution in [0.5, 0.6) is 0 Å². The number of sulfonamides is 1. The van der Waals surface area contributed by atoms with E-state index in [0.717, 1.165) is 24.2 Å². The van der Waals surface area contributed by atoms with Crippen molar-refractivity contribution in [1.82, 2.24) is 15.5 Å². The summed E-state index contributed by atoms with van der Waals surface area (Å²) in [5.41, 5.74) is 0.296. The van der Waals surface area contributed by atoms with Gasteiger partial charge in [-0.2, -0.15) is 8.42 Å². The van der Waals surface area contributed by atoms with Crippen LogP contribution in [-0.2, 0) is 19.6 Å². The van der Waals surface area contributed by atoms with Gasteiger partial charge in [0.05, 0.1) is 17.4 Å². The van der Waals surface area contributed by atoms with Gasteiger partial charge in [-0.15, -0.1) is 10.2 Å². The van der Waals surface area contributed by atoms with Crippen LogP contribution in [0.2, 0.25) is 0 Å². The smallest absolute Gasteiger partial charge is 0.291 e. The van der Waals surface area contributed by atoms with E-state index in [2.05, 4.69) is 25.6 Å². The zero-order valence-corrected chi connectivity index (χ0v) is 17.3. The van der Waals surface area contributed by atoms with E-state index >= 15 is 0 Å². The minimum Gasteiger partial charge on any atom is -0.376 e. The largest absolute Gasteiger partial charge is 0.376 e. The molecule has 1 unspecified atom stereocenters. The molecule has 1 saturated heterocycles. The van der Waals surface area contributed by atoms with Gasteiger partial charge in [-0.1, -0.05) is 30.4 Å². The molecule has 2 heterocycles. The molecule has 29 heavy (non-hydrogen) atoms. The van der Waals surface area contributed by atoms with Crippen molar-refractivity contribution in [2.75, 3.05) is 23.2 Å². The third kappa shape index (κ3) is 5.49. The van der Waals surface area contributed by atoms with Crippen LogP contribution in [0.1, 0.15) is 36.5 Å². The lowest BCUT2D eigenvalue weighted by Gasteiger charge is -2.13. The fourth-order valence-electron chi connectivity index (χ4n) is 2.64. The minimum absolute atomic E-state index is 0.0269. The third-order valence-corrected chi connectivity index (χ3v) is 6.71. The molecular weight excluding hydrogens is 418 g/mol. The number of rotatable bonds is 8. The highest BCUT2D eigenvalue weighted by Crippen LogP contribution is 2.24. The number of carbonyl (C=O) groups excluding carboxylic acids is 2. The Morgan fingerprint density at radius 1 is 1.28 bits per heavy atom. The first-order valence-corrected chi connectivity index (χ1v) is 11.3. The van der Waals surface area contributed by atoms with E-state index in [1.54, 1.807) is 19.1 Å². The second-order valence-corrected chi connectivity index (χ2v) is 9.10. The normalized spacial score (nSPS) is 16.4. The zero-order valence-electron chi connectivity index (χ0n) is 15.7. The molecule has 0 bridgehead atoms. The molecule has 0 spiro atoms. The standard InChI is InChI=1S/C17H21N5O5S2/c1-2-14(23)19-16-20-21-17(28-16)29(25,26)22-13-8-4-3-7-12(13)15(24)18-10-11-6-5-9-27-11/h3-4,7-8,11,22H,2,5-6,9-10H2,1H3,(H,18,24)(H,19,20,23). The Kier molecular flexibility index (Phi) is 6.77. The van der Waals surface area contributed by atoms with Crippen molar-refractivity contribution in [3.63, 3.8) is 0 Å². The van der Waals surface area contributed by atoms with E-state index in [1.807, 2.05) is 0 Å². The van der Waals surface area contributed by atoms with Crippen molar-refractivity contribution in [3.8, 4) is 0 Å². The van der Waals surface area contributed by atoms with E-state index in [1.165, 1.54) is 12.1 Å². The predicted molar refractivity (Wildman–Crippen MR) is 107 cm³/mol. The molecular formula is C17H21N5O5S2. The molecule has 1 aliphatic heterocycles. The average Bonchev–Trinajstić information content (AvgIpc) is 3.38. The van der Waals surface area contributed by atoms with Gasteiger partial charge in [0.25, 0.3) is 20.3 Å². The molecule has 10 nitrogen and oxygen atoms in total. The van der Waals surface area contributed by atoms with Crippen LogP contribution in [0.15, 0.2) is 28.6 Å². The van der Waals surface area contributed by atoms with Crippen molar-refractivity contribution >= 4 is 44.0 Å². The van der Waals surface area contributed by atoms with E-state index in [0.29, 0.717) is 13.2 Å². The SMILES string of the molecule is CCC(=O)Nc1nnc(S(=O)(=O)Nc2ccccc2C(=O)NCC2CCCO2)s1. The molecule has 2 aromatic rings. The maximum absolute atomic E-state index is 12.6. The highest BCUT2D eigenvalue weighted by atomic mass is 32.2. The summed E-state index contributed by atoms with van der Waals surface area (Å²) in [7, 11) is -4.08. The number of nitrogens with zero attached hydrogens (tertiary/aromatic N) is 2. The molecule has 1 aromatic heterocycles. The number of carbonyl (C=O) groups is 2. The monoisotopic (exact) mass is 439 g/mol. The highest BCUT2D eigenvalue weighted by molar-refractivity contribution is 7.94. The molecule has 3 N–H and O–H groups in total. The predicted octanol–water partition coefficient (Wildman–Crippen LogP) is 1.60. The Morgan fingerprint density at radius 2 is 2.07 bits per heavy atom. The number of benzene rings is 1. The van der Waals surface area contributed by atoms with Crippen molar-refractivity contribution in [1.29, 1.82) is 0 Å². The van der Waals surface area contributed by atoms with Crippen molar-refractivity contribution < 1.29 is 22.7 Å². The summed E-state index contributed by atoms with van der Waals surface area (Å²) >= 11 is 0.722. The number of hydrogen-bond donors (Lipinski definition) is 3. The van der Waals surface area contributed by atoms with Crippen LogP contribution >= 0.6 is 11.3 Å². The Hall–Kier alpha value is -2.57. The first-order valence-electron chi connectivity index (χ1n) is 9.04. The Balaban J connectivity index is 1.72. The molecule has 0 saturated carbocycles. The summed E-state index contributed by atoms with van der Waals surface area (Å²) in [5, 5.41) is 12.6. The van der Waals surface area contributed by atoms with Gasteiger partial charge < -0.3 is 15.4 Å². The van der Waals surface area contributed by atoms with Gasteiger partial charge in [-0.3, -0.25) is 14.3 Å². The topological polar surface area (TPSA) is 139 Å². The van der Waals surface area contributed by atoms with E-state index in [9.17, 15) is 18.0 Å². The van der Waals surface area contributed by atoms with Gasteiger partial charge in [-0.05, 0) is 25.0 Å². The maximum atomic E-state index is 12.6. The maximum Gasteiger partial charge on any atom is 0.291 e. The lowest BCUT2D eigenvalue weighted by atomic mass is 10.1. The molecule has 2 amide bonds. The summed E-state index contributed by atoms with van der Waals surface area (Å²) in [6.07, 6.45) is 2.04. The fourth-order valence-corrected chi connectivity index (χ4v) is 4.64. The van der Waals surface area contributed by atoms with Gasteiger partial charge in [0.2, 0.25) is 11.0 Å². The van der Waals surface area contributed by atoms with Crippen molar-refractivity contribution in [2.45, 2.75) is 36.6 Å². The second-order valence-electron chi connectivity index (χ2n) is 6.27. The molecule has 0 radical (unpaired) electrons. The van der Waals surface area contributed by atoms with E-state index in [-0.39, 0.29) is 39.2 Å². The molecule has 12 heteroatoms. The van der Waals surface area contributed by atoms with Crippen molar-refractivity contribution in [2.24, 2.45) is 0 Å². The molecule has 1 aromatic carbocycles. The molecule has 1 aliphatic rings. The Labute approximate surface area is 172 Å². The van der Waals surface area contributed by atoms with Crippen LogP contribution in [0, 0.1) is 0 Å². The van der Waals surface area contributed by atoms with E-state index in [4.69, 9.17) is 4.74 Å². The van der Waals surface area contributed by atoms with Gasteiger partial charge in [0.1, 0.15) is 0 Å². The number of nitrogens with one attached hydrogen (secondary N) is 3. The third-order valence-electron chi connectivity index (χ3n) is 4.13. The summed E-state index contributed by atoms with van der Waals surface area (Å²) in [6, 6.07) is 6.26. The Morgan fingerprint density at radius 3 is 2.79 bits per heavy atom. The lowest BCUT2D eigenvalue weighted by molar-refractivity contribution is -0.115. The summed E-state index contributed by atoms with van der Waals surface area (Å²) < 4.78 is 32.8. The number of hydrogen-bond acceptors (Lipinski definition) is 8. The minimum atomic E-state index is -4.08. The first kappa shape index (κ1) is 21.1. The van der Waals surface area contributed by atoms with Crippen molar-refractivity contribution in [3.05, 3.63) is 29.8 Å². The van der Waals surface area contributed by atoms with Gasteiger partial charge in [0.15, 0.2) is 0 Å². The average molecular weight is 440 g/mol. The Bertz CT molecular complexity index is 986. The number of anilines is 2. The van der Waals surface area contributed by atoms with Crippen LogP contribution in [0.4, 0.5) is 10.8 Å². The summed E-state index contributed by atoms with van der Waals surface area (Å²) in [4.78, 5) is 23.9. The van der Waals surface area contributed by atoms with Gasteiger partial charge in [-0.25, -0.2) is 0 Å². The number of aromatic nitrogens is 2. The van der Waals surface area contributed by atoms with Crippen LogP contribution in [0.3, 0.4) is 0 Å². The summed E-state index contributed by atoms with van der Waals surface area (Å²) in [5.74, 6) is -0.710. The van der Waals surface area contributed by atoms with Crippen LogP contribution in [0.25, 0.3) is 0 Å². The number of para-hydroxylation sites is 1. The second kappa shape index (κ2) is 9.29. The van der Waals surface area contributed by atoms with E-state index < -0.39 is 15.9 Å². The quantitative estimate of drug-likeness (QED) is 0.531. The first-order chi connectivity index (χ1) is 13.9.